The minimum Gasteiger partial charge on any atom is -0.458 e. The summed E-state index contributed by atoms with van der Waals surface area (Å²) in [5, 5.41) is 0. The average Bonchev–Trinajstić information content (AvgIpc) is 3.21. The van der Waals surface area contributed by atoms with E-state index in [4.69, 9.17) is 15.2 Å². The van der Waals surface area contributed by atoms with Crippen molar-refractivity contribution in [1.29, 1.82) is 0 Å². The summed E-state index contributed by atoms with van der Waals surface area (Å²) in [4.78, 5) is 23.9. The van der Waals surface area contributed by atoms with Crippen molar-refractivity contribution in [2.45, 2.75) is 83.7 Å². The van der Waals surface area contributed by atoms with Crippen LogP contribution in [0.2, 0.25) is 0 Å². The number of carbonyl (C=O) groups excluding carboxylic acids is 2. The topological polar surface area (TPSA) is 78.6 Å². The molecule has 5 aliphatic rings. The van der Waals surface area contributed by atoms with E-state index in [0.717, 1.165) is 37.2 Å². The van der Waals surface area contributed by atoms with Crippen LogP contribution in [0, 0.1) is 34.5 Å². The van der Waals surface area contributed by atoms with Gasteiger partial charge in [-0.2, -0.15) is 0 Å². The van der Waals surface area contributed by atoms with Crippen LogP contribution < -0.4 is 5.73 Å². The third-order valence-electron chi connectivity index (χ3n) is 10.1. The SMILES string of the molecule is C[C@]12CCCCC1CC[C@@H]1[C@@H]2CC[C@]2(C)[C@@H](C3=CC(=O)OC3)CC[C@]12OC(N)=O. The lowest BCUT2D eigenvalue weighted by Gasteiger charge is -2.64. The van der Waals surface area contributed by atoms with Crippen molar-refractivity contribution >= 4 is 12.1 Å². The summed E-state index contributed by atoms with van der Waals surface area (Å²) in [6.45, 7) is 5.20. The van der Waals surface area contributed by atoms with Crippen LogP contribution in [0.25, 0.3) is 0 Å². The molecule has 0 aromatic carbocycles. The van der Waals surface area contributed by atoms with Gasteiger partial charge in [-0.25, -0.2) is 9.59 Å². The van der Waals surface area contributed by atoms with Crippen LogP contribution in [0.5, 0.6) is 0 Å². The Morgan fingerprint density at radius 1 is 1.07 bits per heavy atom. The first kappa shape index (κ1) is 19.4. The molecule has 2 N–H and O–H groups in total. The molecule has 0 radical (unpaired) electrons. The van der Waals surface area contributed by atoms with Crippen LogP contribution >= 0.6 is 0 Å². The zero-order valence-electron chi connectivity index (χ0n) is 17.9. The minimum absolute atomic E-state index is 0.180. The summed E-state index contributed by atoms with van der Waals surface area (Å²) in [5.74, 6) is 1.78. The van der Waals surface area contributed by atoms with E-state index in [1.807, 2.05) is 0 Å². The lowest BCUT2D eigenvalue weighted by Crippen LogP contribution is -2.63. The van der Waals surface area contributed by atoms with E-state index in [9.17, 15) is 9.59 Å². The number of nitrogens with two attached hydrogens (primary N) is 1. The molecule has 0 spiro atoms. The summed E-state index contributed by atoms with van der Waals surface area (Å²) in [5.41, 5.74) is 6.44. The summed E-state index contributed by atoms with van der Waals surface area (Å²) >= 11 is 0. The smallest absolute Gasteiger partial charge is 0.405 e. The monoisotopic (exact) mass is 401 g/mol. The zero-order valence-corrected chi connectivity index (χ0v) is 17.9. The second-order valence-electron chi connectivity index (χ2n) is 10.9. The summed E-state index contributed by atoms with van der Waals surface area (Å²) in [7, 11) is 0. The quantitative estimate of drug-likeness (QED) is 0.678. The molecule has 29 heavy (non-hydrogen) atoms. The molecule has 0 bridgehead atoms. The number of cyclic esters (lactones) is 1. The third-order valence-corrected chi connectivity index (χ3v) is 10.1. The highest BCUT2D eigenvalue weighted by Crippen LogP contribution is 2.71. The number of hydrogen-bond acceptors (Lipinski definition) is 4. The van der Waals surface area contributed by atoms with Crippen LogP contribution in [0.3, 0.4) is 0 Å². The van der Waals surface area contributed by atoms with E-state index < -0.39 is 11.7 Å². The molecule has 5 rings (SSSR count). The maximum atomic E-state index is 12.2. The van der Waals surface area contributed by atoms with Crippen molar-refractivity contribution in [3.05, 3.63) is 11.6 Å². The summed E-state index contributed by atoms with van der Waals surface area (Å²) in [6, 6.07) is 0. The van der Waals surface area contributed by atoms with Gasteiger partial charge in [-0.15, -0.1) is 0 Å². The van der Waals surface area contributed by atoms with E-state index in [1.54, 1.807) is 6.08 Å². The third kappa shape index (κ3) is 2.58. The van der Waals surface area contributed by atoms with Crippen molar-refractivity contribution in [1.82, 2.24) is 0 Å². The van der Waals surface area contributed by atoms with Gasteiger partial charge in [0.1, 0.15) is 12.2 Å². The predicted molar refractivity (Wildman–Crippen MR) is 109 cm³/mol. The molecule has 7 atom stereocenters. The van der Waals surface area contributed by atoms with E-state index >= 15 is 0 Å². The second-order valence-corrected chi connectivity index (χ2v) is 10.9. The van der Waals surface area contributed by atoms with E-state index in [0.29, 0.717) is 23.9 Å². The molecule has 5 heteroatoms. The number of amides is 1. The van der Waals surface area contributed by atoms with Gasteiger partial charge in [0, 0.05) is 17.4 Å². The molecule has 5 nitrogen and oxygen atoms in total. The number of hydrogen-bond donors (Lipinski definition) is 1. The Hall–Kier alpha value is -1.52. The van der Waals surface area contributed by atoms with Crippen molar-refractivity contribution < 1.29 is 19.1 Å². The van der Waals surface area contributed by atoms with Crippen molar-refractivity contribution in [3.8, 4) is 0 Å². The molecule has 4 saturated carbocycles. The molecule has 1 aliphatic heterocycles. The van der Waals surface area contributed by atoms with Gasteiger partial charge >= 0.3 is 12.1 Å². The maximum Gasteiger partial charge on any atom is 0.405 e. The van der Waals surface area contributed by atoms with Crippen molar-refractivity contribution in [2.24, 2.45) is 40.2 Å². The Bertz CT molecular complexity index is 762. The second kappa shape index (κ2) is 6.49. The molecule has 160 valence electrons. The van der Waals surface area contributed by atoms with E-state index in [-0.39, 0.29) is 17.3 Å². The molecular formula is C24H35NO4. The highest BCUT2D eigenvalue weighted by Gasteiger charge is 2.70. The number of rotatable bonds is 2. The van der Waals surface area contributed by atoms with Gasteiger partial charge in [0.25, 0.3) is 0 Å². The van der Waals surface area contributed by atoms with Gasteiger partial charge in [0.15, 0.2) is 0 Å². The first-order chi connectivity index (χ1) is 13.8. The molecule has 0 saturated heterocycles. The van der Waals surface area contributed by atoms with Crippen molar-refractivity contribution in [3.63, 3.8) is 0 Å². The van der Waals surface area contributed by atoms with Crippen LogP contribution in [-0.4, -0.2) is 24.3 Å². The van der Waals surface area contributed by atoms with E-state index in [1.165, 1.54) is 38.5 Å². The Balaban J connectivity index is 1.55. The standard InChI is InChI=1S/C24H35NO4/c1-22-10-4-3-5-16(22)6-7-19-18(22)8-11-23(2)17(15-13-20(26)28-14-15)9-12-24(19,23)29-21(25)27/h13,16-19H,3-12,14H2,1-2H3,(H2,25,27)/t16?,17-,18+,19-,22+,23-,24+/m1/s1. The molecule has 1 heterocycles. The summed E-state index contributed by atoms with van der Waals surface area (Å²) < 4.78 is 11.4. The molecular weight excluding hydrogens is 366 g/mol. The van der Waals surface area contributed by atoms with Crippen LogP contribution in [-0.2, 0) is 14.3 Å². The fourth-order valence-corrected chi connectivity index (χ4v) is 8.84. The highest BCUT2D eigenvalue weighted by atomic mass is 16.6. The minimum atomic E-state index is -0.638. The Labute approximate surface area is 173 Å². The van der Waals surface area contributed by atoms with Gasteiger partial charge in [-0.3, -0.25) is 0 Å². The first-order valence-corrected chi connectivity index (χ1v) is 11.7. The summed E-state index contributed by atoms with van der Waals surface area (Å²) in [6.07, 6.45) is 12.8. The lowest BCUT2D eigenvalue weighted by molar-refractivity contribution is -0.202. The highest BCUT2D eigenvalue weighted by molar-refractivity contribution is 5.85. The predicted octanol–water partition coefficient (Wildman–Crippen LogP) is 4.74. The van der Waals surface area contributed by atoms with Crippen LogP contribution in [0.4, 0.5) is 4.79 Å². The number of esters is 1. The fraction of sp³-hybridized carbons (Fsp3) is 0.833. The van der Waals surface area contributed by atoms with Gasteiger partial charge in [0.2, 0.25) is 0 Å². The first-order valence-electron chi connectivity index (χ1n) is 11.7. The Morgan fingerprint density at radius 2 is 1.90 bits per heavy atom. The lowest BCUT2D eigenvalue weighted by atomic mass is 9.43. The maximum absolute atomic E-state index is 12.2. The number of ether oxygens (including phenoxy) is 2. The van der Waals surface area contributed by atoms with Crippen molar-refractivity contribution in [2.75, 3.05) is 6.61 Å². The van der Waals surface area contributed by atoms with Crippen LogP contribution in [0.1, 0.15) is 78.1 Å². The van der Waals surface area contributed by atoms with Crippen LogP contribution in [0.15, 0.2) is 11.6 Å². The van der Waals surface area contributed by atoms with Gasteiger partial charge < -0.3 is 15.2 Å². The molecule has 0 aromatic rings. The van der Waals surface area contributed by atoms with Gasteiger partial charge in [-0.05, 0) is 80.1 Å². The molecule has 4 fully saturated rings. The fourth-order valence-electron chi connectivity index (χ4n) is 8.84. The van der Waals surface area contributed by atoms with E-state index in [2.05, 4.69) is 13.8 Å². The average molecular weight is 402 g/mol. The Kier molecular flexibility index (Phi) is 4.35. The zero-order chi connectivity index (χ0) is 20.4. The number of fused-ring (bicyclic) bond motifs is 5. The van der Waals surface area contributed by atoms with Gasteiger partial charge in [0.05, 0.1) is 0 Å². The normalized spacial score (nSPS) is 48.8. The molecule has 0 aromatic heterocycles. The number of primary amides is 1. The van der Waals surface area contributed by atoms with Gasteiger partial charge in [-0.1, -0.05) is 26.7 Å². The largest absolute Gasteiger partial charge is 0.458 e. The Morgan fingerprint density at radius 3 is 2.62 bits per heavy atom. The molecule has 1 unspecified atom stereocenters. The molecule has 1 amide bonds. The number of carbonyl (C=O) groups is 2. The molecule has 4 aliphatic carbocycles.